The van der Waals surface area contributed by atoms with E-state index in [1.807, 2.05) is 25.1 Å². The molecule has 0 spiro atoms. The predicted molar refractivity (Wildman–Crippen MR) is 118 cm³/mol. The lowest BCUT2D eigenvalue weighted by Crippen LogP contribution is -2.37. The van der Waals surface area contributed by atoms with Crippen molar-refractivity contribution in [3.8, 4) is 5.69 Å². The van der Waals surface area contributed by atoms with Crippen molar-refractivity contribution >= 4 is 17.5 Å². The molecule has 2 aromatic carbocycles. The number of hydrogen-bond acceptors (Lipinski definition) is 3. The first kappa shape index (κ1) is 21.0. The number of nitrogens with one attached hydrogen (secondary N) is 2. The Morgan fingerprint density at radius 3 is 2.33 bits per heavy atom. The lowest BCUT2D eigenvalue weighted by Gasteiger charge is -2.14. The molecule has 0 aliphatic rings. The van der Waals surface area contributed by atoms with Gasteiger partial charge in [-0.3, -0.25) is 19.0 Å². The van der Waals surface area contributed by atoms with E-state index < -0.39 is 5.56 Å². The lowest BCUT2D eigenvalue weighted by atomic mass is 10.1. The Morgan fingerprint density at radius 1 is 0.967 bits per heavy atom. The van der Waals surface area contributed by atoms with E-state index in [0.29, 0.717) is 11.4 Å². The van der Waals surface area contributed by atoms with Crippen molar-refractivity contribution in [3.05, 3.63) is 94.4 Å². The van der Waals surface area contributed by atoms with E-state index in [0.717, 1.165) is 12.8 Å². The van der Waals surface area contributed by atoms with Crippen LogP contribution in [0.1, 0.15) is 36.2 Å². The Hall–Kier alpha value is -3.67. The quantitative estimate of drug-likeness (QED) is 0.633. The Bertz CT molecular complexity index is 1070. The molecule has 1 aromatic heterocycles. The molecule has 0 fully saturated rings. The molecular formula is C24H25N3O3. The molecule has 0 saturated carbocycles. The fourth-order valence-electron chi connectivity index (χ4n) is 3.18. The molecule has 2 N–H and O–H groups in total. The minimum Gasteiger partial charge on any atom is -0.349 e. The summed E-state index contributed by atoms with van der Waals surface area (Å²) in [6.07, 6.45) is 3.24. The number of carbonyl (C=O) groups excluding carboxylic acids is 2. The molecule has 6 nitrogen and oxygen atoms in total. The van der Waals surface area contributed by atoms with Gasteiger partial charge in [-0.2, -0.15) is 0 Å². The summed E-state index contributed by atoms with van der Waals surface area (Å²) in [5, 5.41) is 5.60. The van der Waals surface area contributed by atoms with Crippen LogP contribution in [0.3, 0.4) is 0 Å². The third kappa shape index (κ3) is 5.44. The largest absolute Gasteiger partial charge is 0.349 e. The fraction of sp³-hybridized carbons (Fsp3) is 0.208. The van der Waals surface area contributed by atoms with E-state index in [1.165, 1.54) is 23.1 Å². The van der Waals surface area contributed by atoms with Crippen LogP contribution >= 0.6 is 0 Å². The van der Waals surface area contributed by atoms with Gasteiger partial charge >= 0.3 is 0 Å². The van der Waals surface area contributed by atoms with Crippen molar-refractivity contribution in [1.29, 1.82) is 0 Å². The SMILES string of the molecule is CC(=O)Nc1ccc(-n2cccc(C(=O)N[C@@H](C)CCc3ccccc3)c2=O)cc1. The third-order valence-corrected chi connectivity index (χ3v) is 4.74. The standard InChI is InChI=1S/C24H25N3O3/c1-17(10-11-19-7-4-3-5-8-19)25-23(29)22-9-6-16-27(24(22)30)21-14-12-20(13-15-21)26-18(2)28/h3-9,12-17H,10-11H2,1-2H3,(H,25,29)(H,26,28)/t17-/m0/s1. The molecule has 1 heterocycles. The molecule has 3 aromatic rings. The van der Waals surface area contributed by atoms with Crippen LogP contribution in [0.4, 0.5) is 5.69 Å². The number of pyridine rings is 1. The third-order valence-electron chi connectivity index (χ3n) is 4.74. The highest BCUT2D eigenvalue weighted by Crippen LogP contribution is 2.12. The van der Waals surface area contributed by atoms with Gasteiger partial charge in [0.25, 0.3) is 11.5 Å². The summed E-state index contributed by atoms with van der Waals surface area (Å²) in [5.74, 6) is -0.551. The monoisotopic (exact) mass is 403 g/mol. The molecule has 0 aliphatic heterocycles. The van der Waals surface area contributed by atoms with E-state index in [-0.39, 0.29) is 23.4 Å². The minimum absolute atomic E-state index is 0.0669. The number of aryl methyl sites for hydroxylation is 1. The number of carbonyl (C=O) groups is 2. The molecule has 3 rings (SSSR count). The molecule has 154 valence electrons. The number of hydrogen-bond donors (Lipinski definition) is 2. The van der Waals surface area contributed by atoms with Crippen molar-refractivity contribution in [2.75, 3.05) is 5.32 Å². The Labute approximate surface area is 175 Å². The maximum Gasteiger partial charge on any atom is 0.267 e. The number of amides is 2. The van der Waals surface area contributed by atoms with Crippen molar-refractivity contribution in [3.63, 3.8) is 0 Å². The van der Waals surface area contributed by atoms with Crippen LogP contribution in [-0.4, -0.2) is 22.4 Å². The molecular weight excluding hydrogens is 378 g/mol. The van der Waals surface area contributed by atoms with Gasteiger partial charge in [0.2, 0.25) is 5.91 Å². The summed E-state index contributed by atoms with van der Waals surface area (Å²) >= 11 is 0. The number of benzene rings is 2. The predicted octanol–water partition coefficient (Wildman–Crippen LogP) is 3.55. The molecule has 0 aliphatic carbocycles. The van der Waals surface area contributed by atoms with Crippen molar-refractivity contribution in [2.24, 2.45) is 0 Å². The molecule has 2 amide bonds. The lowest BCUT2D eigenvalue weighted by molar-refractivity contribution is -0.114. The van der Waals surface area contributed by atoms with Gasteiger partial charge in [-0.15, -0.1) is 0 Å². The van der Waals surface area contributed by atoms with Gasteiger partial charge in [0.1, 0.15) is 5.56 Å². The van der Waals surface area contributed by atoms with E-state index in [1.54, 1.807) is 36.5 Å². The van der Waals surface area contributed by atoms with Gasteiger partial charge in [-0.05, 0) is 61.7 Å². The zero-order chi connectivity index (χ0) is 21.5. The first-order chi connectivity index (χ1) is 14.4. The van der Waals surface area contributed by atoms with Gasteiger partial charge in [0.05, 0.1) is 0 Å². The highest BCUT2D eigenvalue weighted by Gasteiger charge is 2.15. The van der Waals surface area contributed by atoms with Crippen molar-refractivity contribution in [1.82, 2.24) is 9.88 Å². The van der Waals surface area contributed by atoms with Gasteiger partial charge in [0.15, 0.2) is 0 Å². The normalized spacial score (nSPS) is 11.5. The Balaban J connectivity index is 1.70. The zero-order valence-electron chi connectivity index (χ0n) is 17.1. The van der Waals surface area contributed by atoms with E-state index in [2.05, 4.69) is 22.8 Å². The Kier molecular flexibility index (Phi) is 6.80. The van der Waals surface area contributed by atoms with Crippen LogP contribution in [0.15, 0.2) is 77.7 Å². The highest BCUT2D eigenvalue weighted by atomic mass is 16.2. The summed E-state index contributed by atoms with van der Waals surface area (Å²) in [5.41, 5.74) is 2.16. The minimum atomic E-state index is -0.391. The van der Waals surface area contributed by atoms with Crippen LogP contribution in [-0.2, 0) is 11.2 Å². The fourth-order valence-corrected chi connectivity index (χ4v) is 3.18. The number of anilines is 1. The first-order valence-electron chi connectivity index (χ1n) is 9.88. The number of aromatic nitrogens is 1. The van der Waals surface area contributed by atoms with Crippen LogP contribution in [0.2, 0.25) is 0 Å². The molecule has 0 unspecified atom stereocenters. The number of rotatable bonds is 7. The second-order valence-corrected chi connectivity index (χ2v) is 7.22. The van der Waals surface area contributed by atoms with E-state index in [9.17, 15) is 14.4 Å². The van der Waals surface area contributed by atoms with Gasteiger partial charge < -0.3 is 10.6 Å². The number of nitrogens with zero attached hydrogens (tertiary/aromatic N) is 1. The van der Waals surface area contributed by atoms with Gasteiger partial charge in [-0.1, -0.05) is 30.3 Å². The zero-order valence-corrected chi connectivity index (χ0v) is 17.1. The van der Waals surface area contributed by atoms with Crippen molar-refractivity contribution < 1.29 is 9.59 Å². The van der Waals surface area contributed by atoms with E-state index >= 15 is 0 Å². The molecule has 30 heavy (non-hydrogen) atoms. The second-order valence-electron chi connectivity index (χ2n) is 7.22. The Morgan fingerprint density at radius 2 is 1.67 bits per heavy atom. The summed E-state index contributed by atoms with van der Waals surface area (Å²) in [4.78, 5) is 36.7. The van der Waals surface area contributed by atoms with Crippen LogP contribution in [0.25, 0.3) is 5.69 Å². The molecule has 1 atom stereocenters. The molecule has 0 bridgehead atoms. The average Bonchev–Trinajstić information content (AvgIpc) is 2.73. The van der Waals surface area contributed by atoms with E-state index in [4.69, 9.17) is 0 Å². The topological polar surface area (TPSA) is 80.2 Å². The first-order valence-corrected chi connectivity index (χ1v) is 9.88. The van der Waals surface area contributed by atoms with Crippen molar-refractivity contribution in [2.45, 2.75) is 32.7 Å². The summed E-state index contributed by atoms with van der Waals surface area (Å²) in [6, 6.07) is 20.1. The second kappa shape index (κ2) is 9.69. The van der Waals surface area contributed by atoms with Gasteiger partial charge in [0, 0.05) is 30.5 Å². The van der Waals surface area contributed by atoms with Gasteiger partial charge in [-0.25, -0.2) is 0 Å². The maximum atomic E-state index is 12.9. The highest BCUT2D eigenvalue weighted by molar-refractivity contribution is 5.94. The maximum absolute atomic E-state index is 12.9. The van der Waals surface area contributed by atoms with Crippen LogP contribution < -0.4 is 16.2 Å². The summed E-state index contributed by atoms with van der Waals surface area (Å²) in [6.45, 7) is 3.37. The average molecular weight is 403 g/mol. The molecule has 6 heteroatoms. The summed E-state index contributed by atoms with van der Waals surface area (Å²) < 4.78 is 1.42. The smallest absolute Gasteiger partial charge is 0.267 e. The van der Waals surface area contributed by atoms with Crippen LogP contribution in [0, 0.1) is 0 Å². The van der Waals surface area contributed by atoms with Crippen LogP contribution in [0.5, 0.6) is 0 Å². The molecule has 0 radical (unpaired) electrons. The summed E-state index contributed by atoms with van der Waals surface area (Å²) in [7, 11) is 0. The molecule has 0 saturated heterocycles.